The van der Waals surface area contributed by atoms with Crippen LogP contribution in [0.4, 0.5) is 0 Å². The number of benzene rings is 1. The van der Waals surface area contributed by atoms with Crippen molar-refractivity contribution in [1.29, 1.82) is 0 Å². The van der Waals surface area contributed by atoms with Crippen LogP contribution < -0.4 is 5.32 Å². The van der Waals surface area contributed by atoms with E-state index >= 15 is 0 Å². The topological polar surface area (TPSA) is 24.9 Å². The maximum atomic E-state index is 6.18. The van der Waals surface area contributed by atoms with Crippen molar-refractivity contribution in [3.63, 3.8) is 0 Å². The van der Waals surface area contributed by atoms with Crippen molar-refractivity contribution in [2.75, 3.05) is 0 Å². The highest BCUT2D eigenvalue weighted by Crippen LogP contribution is 2.32. The molecule has 2 aromatic rings. The van der Waals surface area contributed by atoms with Gasteiger partial charge in [-0.25, -0.2) is 4.98 Å². The highest BCUT2D eigenvalue weighted by Gasteiger charge is 2.20. The van der Waals surface area contributed by atoms with Crippen LogP contribution in [0, 0.1) is 0 Å². The van der Waals surface area contributed by atoms with E-state index in [1.165, 1.54) is 12.8 Å². The van der Waals surface area contributed by atoms with Gasteiger partial charge in [0.05, 0.1) is 10.7 Å². The van der Waals surface area contributed by atoms with Gasteiger partial charge in [0.25, 0.3) is 0 Å². The minimum atomic E-state index is 0.649. The maximum absolute atomic E-state index is 6.18. The van der Waals surface area contributed by atoms with Crippen molar-refractivity contribution in [1.82, 2.24) is 10.3 Å². The van der Waals surface area contributed by atoms with Crippen molar-refractivity contribution in [2.24, 2.45) is 0 Å². The molecule has 3 rings (SSSR count). The second-order valence-corrected chi connectivity index (χ2v) is 6.13. The van der Waals surface area contributed by atoms with Crippen molar-refractivity contribution in [3.8, 4) is 10.6 Å². The third-order valence-electron chi connectivity index (χ3n) is 2.86. The molecule has 1 aromatic carbocycles. The van der Waals surface area contributed by atoms with Crippen molar-refractivity contribution in [2.45, 2.75) is 25.4 Å². The molecule has 5 heteroatoms. The van der Waals surface area contributed by atoms with Gasteiger partial charge in [0.15, 0.2) is 0 Å². The van der Waals surface area contributed by atoms with E-state index in [2.05, 4.69) is 15.7 Å². The van der Waals surface area contributed by atoms with E-state index in [0.29, 0.717) is 16.1 Å². The number of nitrogens with one attached hydrogen (secondary N) is 1. The molecule has 18 heavy (non-hydrogen) atoms. The molecule has 1 aliphatic carbocycles. The van der Waals surface area contributed by atoms with Crippen LogP contribution in [0.5, 0.6) is 0 Å². The lowest BCUT2D eigenvalue weighted by molar-refractivity contribution is 0.678. The third-order valence-corrected chi connectivity index (χ3v) is 4.33. The Bertz CT molecular complexity index is 564. The van der Waals surface area contributed by atoms with E-state index in [0.717, 1.165) is 22.8 Å². The molecule has 0 bridgehead atoms. The Balaban J connectivity index is 1.78. The molecule has 0 spiro atoms. The summed E-state index contributed by atoms with van der Waals surface area (Å²) in [5.74, 6) is 0. The van der Waals surface area contributed by atoms with Crippen LogP contribution >= 0.6 is 34.5 Å². The summed E-state index contributed by atoms with van der Waals surface area (Å²) in [7, 11) is 0. The second-order valence-electron chi connectivity index (χ2n) is 4.42. The van der Waals surface area contributed by atoms with Crippen molar-refractivity contribution >= 4 is 34.5 Å². The van der Waals surface area contributed by atoms with Gasteiger partial charge in [-0.3, -0.25) is 0 Å². The number of aromatic nitrogens is 1. The van der Waals surface area contributed by atoms with E-state index in [1.807, 2.05) is 12.1 Å². The number of halogens is 2. The number of thiazole rings is 1. The molecule has 0 atom stereocenters. The van der Waals surface area contributed by atoms with E-state index in [9.17, 15) is 0 Å². The monoisotopic (exact) mass is 298 g/mol. The van der Waals surface area contributed by atoms with Gasteiger partial charge in [0, 0.05) is 28.6 Å². The molecule has 2 nitrogen and oxygen atoms in total. The third kappa shape index (κ3) is 2.86. The summed E-state index contributed by atoms with van der Waals surface area (Å²) in [5.41, 5.74) is 2.02. The fraction of sp³-hybridized carbons (Fsp3) is 0.308. The highest BCUT2D eigenvalue weighted by atomic mass is 35.5. The van der Waals surface area contributed by atoms with Crippen molar-refractivity contribution < 1.29 is 0 Å². The van der Waals surface area contributed by atoms with E-state index in [1.54, 1.807) is 17.4 Å². The summed E-state index contributed by atoms with van der Waals surface area (Å²) < 4.78 is 0. The van der Waals surface area contributed by atoms with Gasteiger partial charge in [-0.2, -0.15) is 0 Å². The Morgan fingerprint density at radius 1 is 1.33 bits per heavy atom. The highest BCUT2D eigenvalue weighted by molar-refractivity contribution is 7.13. The first-order chi connectivity index (χ1) is 8.72. The predicted octanol–water partition coefficient (Wildman–Crippen LogP) is 4.37. The minimum absolute atomic E-state index is 0.649. The van der Waals surface area contributed by atoms with Crippen LogP contribution in [0.15, 0.2) is 23.6 Å². The Hall–Kier alpha value is -0.610. The van der Waals surface area contributed by atoms with Gasteiger partial charge >= 0.3 is 0 Å². The molecule has 0 amide bonds. The Labute approximate surface area is 120 Å². The second kappa shape index (κ2) is 5.17. The summed E-state index contributed by atoms with van der Waals surface area (Å²) in [5, 5.41) is 7.78. The molecule has 0 saturated heterocycles. The molecule has 94 valence electrons. The fourth-order valence-electron chi connectivity index (χ4n) is 1.71. The van der Waals surface area contributed by atoms with Gasteiger partial charge in [-0.15, -0.1) is 11.3 Å². The zero-order chi connectivity index (χ0) is 12.5. The molecule has 0 aliphatic heterocycles. The predicted molar refractivity (Wildman–Crippen MR) is 77.4 cm³/mol. The molecular weight excluding hydrogens is 287 g/mol. The van der Waals surface area contributed by atoms with Gasteiger partial charge in [0.2, 0.25) is 0 Å². The normalized spacial score (nSPS) is 15.0. The molecule has 1 heterocycles. The van der Waals surface area contributed by atoms with E-state index < -0.39 is 0 Å². The lowest BCUT2D eigenvalue weighted by Gasteiger charge is -2.01. The van der Waals surface area contributed by atoms with Gasteiger partial charge in [-0.05, 0) is 31.0 Å². The molecule has 1 fully saturated rings. The van der Waals surface area contributed by atoms with Crippen LogP contribution in [0.25, 0.3) is 10.6 Å². The number of hydrogen-bond acceptors (Lipinski definition) is 3. The fourth-order valence-corrected chi connectivity index (χ4v) is 3.12. The van der Waals surface area contributed by atoms with Gasteiger partial charge in [-0.1, -0.05) is 23.2 Å². The first kappa shape index (κ1) is 12.4. The van der Waals surface area contributed by atoms with Crippen LogP contribution in [-0.4, -0.2) is 11.0 Å². The van der Waals surface area contributed by atoms with E-state index in [4.69, 9.17) is 23.2 Å². The molecular formula is C13H12Cl2N2S. The molecule has 1 aliphatic rings. The summed E-state index contributed by atoms with van der Waals surface area (Å²) >= 11 is 13.7. The smallest absolute Gasteiger partial charge is 0.125 e. The zero-order valence-corrected chi connectivity index (χ0v) is 11.9. The zero-order valence-electron chi connectivity index (χ0n) is 9.62. The first-order valence-electron chi connectivity index (χ1n) is 5.85. The summed E-state index contributed by atoms with van der Waals surface area (Å²) in [6.45, 7) is 0.840. The maximum Gasteiger partial charge on any atom is 0.125 e. The summed E-state index contributed by atoms with van der Waals surface area (Å²) in [6.07, 6.45) is 2.58. The average Bonchev–Trinajstić information content (AvgIpc) is 3.05. The number of hydrogen-bond donors (Lipinski definition) is 1. The first-order valence-corrected chi connectivity index (χ1v) is 7.49. The molecule has 0 radical (unpaired) electrons. The number of rotatable bonds is 4. The lowest BCUT2D eigenvalue weighted by Crippen LogP contribution is -2.15. The summed E-state index contributed by atoms with van der Waals surface area (Å²) in [6, 6.07) is 6.21. The van der Waals surface area contributed by atoms with Crippen LogP contribution in [-0.2, 0) is 6.54 Å². The van der Waals surface area contributed by atoms with Crippen LogP contribution in [0.1, 0.15) is 18.5 Å². The standard InChI is InChI=1S/C13H12Cl2N2S/c14-8-1-4-11(12(15)5-8)13-17-10(7-18-13)6-16-9-2-3-9/h1,4-5,7,9,16H,2-3,6H2. The van der Waals surface area contributed by atoms with Crippen LogP contribution in [0.3, 0.4) is 0 Å². The lowest BCUT2D eigenvalue weighted by atomic mass is 10.2. The minimum Gasteiger partial charge on any atom is -0.308 e. The molecule has 0 unspecified atom stereocenters. The quantitative estimate of drug-likeness (QED) is 0.907. The molecule has 1 saturated carbocycles. The van der Waals surface area contributed by atoms with Crippen molar-refractivity contribution in [3.05, 3.63) is 39.3 Å². The largest absolute Gasteiger partial charge is 0.308 e. The molecule has 1 aromatic heterocycles. The Kier molecular flexibility index (Phi) is 3.57. The van der Waals surface area contributed by atoms with Gasteiger partial charge < -0.3 is 5.32 Å². The van der Waals surface area contributed by atoms with Crippen LogP contribution in [0.2, 0.25) is 10.0 Å². The molecule has 1 N–H and O–H groups in total. The average molecular weight is 299 g/mol. The summed E-state index contributed by atoms with van der Waals surface area (Å²) in [4.78, 5) is 4.60. The SMILES string of the molecule is Clc1ccc(-c2nc(CNC3CC3)cs2)c(Cl)c1. The Morgan fingerprint density at radius 2 is 2.17 bits per heavy atom. The number of nitrogens with zero attached hydrogens (tertiary/aromatic N) is 1. The Morgan fingerprint density at radius 3 is 2.89 bits per heavy atom. The van der Waals surface area contributed by atoms with Gasteiger partial charge in [0.1, 0.15) is 5.01 Å². The van der Waals surface area contributed by atoms with E-state index in [-0.39, 0.29) is 0 Å².